The smallest absolute Gasteiger partial charge is 0.404 e. The average molecular weight is 261 g/mol. The third-order valence-electron chi connectivity index (χ3n) is 2.51. The molecule has 0 fully saturated rings. The highest BCUT2D eigenvalue weighted by molar-refractivity contribution is 5.64. The van der Waals surface area contributed by atoms with Gasteiger partial charge in [0.2, 0.25) is 0 Å². The van der Waals surface area contributed by atoms with Crippen molar-refractivity contribution in [3.8, 4) is 11.3 Å². The molecule has 2 aromatic heterocycles. The topological polar surface area (TPSA) is 106 Å². The van der Waals surface area contributed by atoms with Crippen LogP contribution in [0.25, 0.3) is 11.3 Å². The van der Waals surface area contributed by atoms with Gasteiger partial charge in [-0.05, 0) is 12.1 Å². The Morgan fingerprint density at radius 2 is 2.37 bits per heavy atom. The number of nitrogens with one attached hydrogen (secondary N) is 2. The number of carbonyl (C=O) groups excluding carboxylic acids is 1. The lowest BCUT2D eigenvalue weighted by atomic mass is 10.1. The van der Waals surface area contributed by atoms with Crippen molar-refractivity contribution in [1.29, 1.82) is 0 Å². The molecule has 1 amide bonds. The second kappa shape index (κ2) is 6.50. The van der Waals surface area contributed by atoms with E-state index in [4.69, 9.17) is 5.73 Å². The number of aromatic amines is 1. The quantitative estimate of drug-likeness (QED) is 0.662. The van der Waals surface area contributed by atoms with Crippen molar-refractivity contribution < 1.29 is 9.53 Å². The van der Waals surface area contributed by atoms with Gasteiger partial charge in [0.15, 0.2) is 0 Å². The van der Waals surface area contributed by atoms with Crippen molar-refractivity contribution in [2.75, 3.05) is 13.2 Å². The number of nitrogens with zero attached hydrogens (tertiary/aromatic N) is 2. The summed E-state index contributed by atoms with van der Waals surface area (Å²) in [6, 6.07) is 3.83. The van der Waals surface area contributed by atoms with Crippen LogP contribution >= 0.6 is 0 Å². The van der Waals surface area contributed by atoms with Crippen molar-refractivity contribution in [3.63, 3.8) is 0 Å². The number of pyridine rings is 1. The van der Waals surface area contributed by atoms with Crippen molar-refractivity contribution in [3.05, 3.63) is 36.3 Å². The standard InChI is InChI=1S/C12H15N5O2/c13-12(18)19-5-4-15-7-10-8-16-17-11(10)9-2-1-3-14-6-9/h1-3,6,8,15H,4-5,7H2,(H2,13,18)(H,16,17). The first-order valence-electron chi connectivity index (χ1n) is 5.83. The second-order valence-electron chi connectivity index (χ2n) is 3.86. The fraction of sp³-hybridized carbons (Fsp3) is 0.250. The fourth-order valence-corrected chi connectivity index (χ4v) is 1.65. The van der Waals surface area contributed by atoms with Crippen molar-refractivity contribution in [2.24, 2.45) is 5.73 Å². The van der Waals surface area contributed by atoms with Crippen LogP contribution in [0.15, 0.2) is 30.7 Å². The highest BCUT2D eigenvalue weighted by Gasteiger charge is 2.07. The Bertz CT molecular complexity index is 526. The Morgan fingerprint density at radius 3 is 3.11 bits per heavy atom. The summed E-state index contributed by atoms with van der Waals surface area (Å²) in [6.07, 6.45) is 4.48. The van der Waals surface area contributed by atoms with Gasteiger partial charge in [-0.1, -0.05) is 0 Å². The predicted molar refractivity (Wildman–Crippen MR) is 69.1 cm³/mol. The van der Waals surface area contributed by atoms with Gasteiger partial charge < -0.3 is 15.8 Å². The third-order valence-corrected chi connectivity index (χ3v) is 2.51. The Morgan fingerprint density at radius 1 is 1.47 bits per heavy atom. The molecule has 0 unspecified atom stereocenters. The maximum atomic E-state index is 10.4. The first-order valence-corrected chi connectivity index (χ1v) is 5.83. The molecular weight excluding hydrogens is 246 g/mol. The number of ether oxygens (including phenoxy) is 1. The van der Waals surface area contributed by atoms with Crippen LogP contribution in [0.5, 0.6) is 0 Å². The molecule has 0 aliphatic rings. The molecule has 2 aromatic rings. The molecule has 0 aliphatic heterocycles. The average Bonchev–Trinajstić information content (AvgIpc) is 2.87. The van der Waals surface area contributed by atoms with Crippen LogP contribution in [-0.2, 0) is 11.3 Å². The highest BCUT2D eigenvalue weighted by atomic mass is 16.5. The molecule has 19 heavy (non-hydrogen) atoms. The van der Waals surface area contributed by atoms with E-state index in [1.165, 1.54) is 0 Å². The first-order chi connectivity index (χ1) is 9.27. The number of hydrogen-bond donors (Lipinski definition) is 3. The van der Waals surface area contributed by atoms with E-state index >= 15 is 0 Å². The molecule has 0 aromatic carbocycles. The van der Waals surface area contributed by atoms with Crippen LogP contribution in [0.2, 0.25) is 0 Å². The Balaban J connectivity index is 1.88. The number of amides is 1. The van der Waals surface area contributed by atoms with E-state index in [-0.39, 0.29) is 6.61 Å². The molecule has 2 rings (SSSR count). The van der Waals surface area contributed by atoms with Crippen LogP contribution < -0.4 is 11.1 Å². The summed E-state index contributed by atoms with van der Waals surface area (Å²) in [7, 11) is 0. The Hall–Kier alpha value is -2.41. The molecule has 2 heterocycles. The number of rotatable bonds is 6. The van der Waals surface area contributed by atoms with E-state index < -0.39 is 6.09 Å². The molecule has 0 bridgehead atoms. The zero-order valence-corrected chi connectivity index (χ0v) is 10.3. The Labute approximate surface area is 110 Å². The fourth-order valence-electron chi connectivity index (χ4n) is 1.65. The zero-order chi connectivity index (χ0) is 13.5. The van der Waals surface area contributed by atoms with Crippen LogP contribution in [0.4, 0.5) is 4.79 Å². The minimum atomic E-state index is -0.763. The lowest BCUT2D eigenvalue weighted by Crippen LogP contribution is -2.23. The van der Waals surface area contributed by atoms with Gasteiger partial charge in [0, 0.05) is 36.6 Å². The normalized spacial score (nSPS) is 10.3. The summed E-state index contributed by atoms with van der Waals surface area (Å²) >= 11 is 0. The number of aromatic nitrogens is 3. The number of hydrogen-bond acceptors (Lipinski definition) is 5. The molecule has 100 valence electrons. The van der Waals surface area contributed by atoms with Crippen molar-refractivity contribution in [2.45, 2.75) is 6.54 Å². The van der Waals surface area contributed by atoms with Gasteiger partial charge in [0.05, 0.1) is 11.9 Å². The summed E-state index contributed by atoms with van der Waals surface area (Å²) < 4.78 is 4.62. The van der Waals surface area contributed by atoms with Crippen LogP contribution in [0.1, 0.15) is 5.56 Å². The van der Waals surface area contributed by atoms with E-state index in [1.54, 1.807) is 18.6 Å². The lowest BCUT2D eigenvalue weighted by Gasteiger charge is -2.05. The predicted octanol–water partition coefficient (Wildman–Crippen LogP) is 0.657. The SMILES string of the molecule is NC(=O)OCCNCc1cn[nH]c1-c1cccnc1. The highest BCUT2D eigenvalue weighted by Crippen LogP contribution is 2.19. The zero-order valence-electron chi connectivity index (χ0n) is 10.3. The maximum Gasteiger partial charge on any atom is 0.404 e. The molecular formula is C12H15N5O2. The van der Waals surface area contributed by atoms with Crippen LogP contribution in [-0.4, -0.2) is 34.4 Å². The van der Waals surface area contributed by atoms with Gasteiger partial charge in [-0.3, -0.25) is 10.1 Å². The molecule has 0 atom stereocenters. The van der Waals surface area contributed by atoms with Gasteiger partial charge in [-0.2, -0.15) is 5.10 Å². The summed E-state index contributed by atoms with van der Waals surface area (Å²) in [5.41, 5.74) is 7.78. The van der Waals surface area contributed by atoms with E-state index in [1.807, 2.05) is 12.1 Å². The molecule has 4 N–H and O–H groups in total. The summed E-state index contributed by atoms with van der Waals surface area (Å²) in [5, 5.41) is 10.1. The molecule has 0 aliphatic carbocycles. The minimum Gasteiger partial charge on any atom is -0.448 e. The number of H-pyrrole nitrogens is 1. The summed E-state index contributed by atoms with van der Waals surface area (Å²) in [5.74, 6) is 0. The first kappa shape index (κ1) is 13.0. The molecule has 0 saturated carbocycles. The molecule has 0 saturated heterocycles. The van der Waals surface area contributed by atoms with Crippen LogP contribution in [0, 0.1) is 0 Å². The summed E-state index contributed by atoms with van der Waals surface area (Å²) in [4.78, 5) is 14.5. The summed E-state index contributed by atoms with van der Waals surface area (Å²) in [6.45, 7) is 1.39. The molecule has 0 radical (unpaired) electrons. The Kier molecular flexibility index (Phi) is 4.46. The largest absolute Gasteiger partial charge is 0.448 e. The monoisotopic (exact) mass is 261 g/mol. The molecule has 0 spiro atoms. The third kappa shape index (κ3) is 3.78. The second-order valence-corrected chi connectivity index (χ2v) is 3.86. The molecule has 7 heteroatoms. The van der Waals surface area contributed by atoms with Gasteiger partial charge >= 0.3 is 6.09 Å². The number of nitrogens with two attached hydrogens (primary N) is 1. The van der Waals surface area contributed by atoms with E-state index in [0.29, 0.717) is 13.1 Å². The van der Waals surface area contributed by atoms with E-state index in [2.05, 4.69) is 25.2 Å². The number of carbonyl (C=O) groups is 1. The van der Waals surface area contributed by atoms with Gasteiger partial charge in [-0.25, -0.2) is 4.79 Å². The molecule has 7 nitrogen and oxygen atoms in total. The van der Waals surface area contributed by atoms with Gasteiger partial charge in [0.1, 0.15) is 6.61 Å². The van der Waals surface area contributed by atoms with Crippen molar-refractivity contribution >= 4 is 6.09 Å². The van der Waals surface area contributed by atoms with E-state index in [0.717, 1.165) is 16.8 Å². The van der Waals surface area contributed by atoms with Crippen LogP contribution in [0.3, 0.4) is 0 Å². The van der Waals surface area contributed by atoms with Crippen molar-refractivity contribution in [1.82, 2.24) is 20.5 Å². The minimum absolute atomic E-state index is 0.245. The van der Waals surface area contributed by atoms with Gasteiger partial charge in [-0.15, -0.1) is 0 Å². The van der Waals surface area contributed by atoms with E-state index in [9.17, 15) is 4.79 Å². The lowest BCUT2D eigenvalue weighted by molar-refractivity contribution is 0.157. The maximum absolute atomic E-state index is 10.4. The number of primary amides is 1. The van der Waals surface area contributed by atoms with Gasteiger partial charge in [0.25, 0.3) is 0 Å².